The van der Waals surface area contributed by atoms with Crippen LogP contribution in [-0.2, 0) is 15.8 Å². The molecule has 0 bridgehead atoms. The molecular formula is C12H17O4P. The minimum Gasteiger partial charge on any atom is -0.324 e. The molecule has 0 heterocycles. The molecule has 1 aromatic rings. The second-order valence-corrected chi connectivity index (χ2v) is 5.70. The maximum Gasteiger partial charge on any atom is 0.332 e. The van der Waals surface area contributed by atoms with Gasteiger partial charge in [-0.1, -0.05) is 30.3 Å². The van der Waals surface area contributed by atoms with Gasteiger partial charge in [-0.05, 0) is 24.8 Å². The zero-order valence-corrected chi connectivity index (χ0v) is 10.5. The zero-order valence-electron chi connectivity index (χ0n) is 9.58. The van der Waals surface area contributed by atoms with Crippen LogP contribution in [0.15, 0.2) is 30.3 Å². The Morgan fingerprint density at radius 3 is 2.35 bits per heavy atom. The molecule has 0 spiro atoms. The Morgan fingerprint density at radius 1 is 1.12 bits per heavy atom. The van der Waals surface area contributed by atoms with Crippen molar-refractivity contribution in [2.24, 2.45) is 0 Å². The summed E-state index contributed by atoms with van der Waals surface area (Å²) < 4.78 is 10.6. The standard InChI is InChI=1S/C12H17O4P/c13-12(10-17(14,15)16)9-5-4-8-11-6-2-1-3-7-11/h1-3,6-7H,4-5,8-10H2,(H2,14,15,16). The molecule has 0 unspecified atom stereocenters. The van der Waals surface area contributed by atoms with Crippen molar-refractivity contribution in [2.45, 2.75) is 25.7 Å². The molecule has 0 saturated heterocycles. The van der Waals surface area contributed by atoms with Gasteiger partial charge in [0.05, 0.1) is 0 Å². The van der Waals surface area contributed by atoms with Crippen molar-refractivity contribution in [3.63, 3.8) is 0 Å². The lowest BCUT2D eigenvalue weighted by Crippen LogP contribution is -2.05. The van der Waals surface area contributed by atoms with Gasteiger partial charge in [0.1, 0.15) is 11.9 Å². The third-order valence-electron chi connectivity index (χ3n) is 2.40. The number of hydrogen-bond donors (Lipinski definition) is 2. The summed E-state index contributed by atoms with van der Waals surface area (Å²) in [6, 6.07) is 9.94. The molecule has 0 atom stereocenters. The first-order valence-electron chi connectivity index (χ1n) is 5.57. The Labute approximate surface area is 101 Å². The van der Waals surface area contributed by atoms with E-state index in [2.05, 4.69) is 0 Å². The Hall–Kier alpha value is -0.960. The second-order valence-electron chi connectivity index (χ2n) is 4.05. The van der Waals surface area contributed by atoms with Gasteiger partial charge in [0, 0.05) is 6.42 Å². The number of hydrogen-bond acceptors (Lipinski definition) is 2. The van der Waals surface area contributed by atoms with Gasteiger partial charge in [0.15, 0.2) is 0 Å². The van der Waals surface area contributed by atoms with Crippen molar-refractivity contribution in [3.8, 4) is 0 Å². The van der Waals surface area contributed by atoms with Gasteiger partial charge in [-0.3, -0.25) is 9.36 Å². The predicted octanol–water partition coefficient (Wildman–Crippen LogP) is 2.15. The van der Waals surface area contributed by atoms with Crippen molar-refractivity contribution in [3.05, 3.63) is 35.9 Å². The highest BCUT2D eigenvalue weighted by atomic mass is 31.2. The maximum atomic E-state index is 11.2. The maximum absolute atomic E-state index is 11.2. The highest BCUT2D eigenvalue weighted by Crippen LogP contribution is 2.34. The summed E-state index contributed by atoms with van der Waals surface area (Å²) in [4.78, 5) is 28.4. The first-order chi connectivity index (χ1) is 7.97. The molecular weight excluding hydrogens is 239 g/mol. The van der Waals surface area contributed by atoms with E-state index in [1.54, 1.807) is 0 Å². The van der Waals surface area contributed by atoms with Gasteiger partial charge in [-0.15, -0.1) is 0 Å². The summed E-state index contributed by atoms with van der Waals surface area (Å²) in [6.45, 7) is 0. The Kier molecular flexibility index (Phi) is 5.56. The fourth-order valence-corrected chi connectivity index (χ4v) is 2.22. The quantitative estimate of drug-likeness (QED) is 0.579. The highest BCUT2D eigenvalue weighted by molar-refractivity contribution is 7.52. The molecule has 1 aromatic carbocycles. The number of unbranched alkanes of at least 4 members (excludes halogenated alkanes) is 1. The summed E-state index contributed by atoms with van der Waals surface area (Å²) in [5.74, 6) is -0.355. The van der Waals surface area contributed by atoms with E-state index in [0.29, 0.717) is 6.42 Å². The van der Waals surface area contributed by atoms with Gasteiger partial charge >= 0.3 is 7.60 Å². The van der Waals surface area contributed by atoms with Crippen molar-refractivity contribution in [1.29, 1.82) is 0 Å². The van der Waals surface area contributed by atoms with Crippen molar-refractivity contribution in [2.75, 3.05) is 6.16 Å². The third-order valence-corrected chi connectivity index (χ3v) is 3.16. The van der Waals surface area contributed by atoms with E-state index in [-0.39, 0.29) is 12.2 Å². The molecule has 17 heavy (non-hydrogen) atoms. The highest BCUT2D eigenvalue weighted by Gasteiger charge is 2.18. The fourth-order valence-electron chi connectivity index (χ4n) is 1.60. The van der Waals surface area contributed by atoms with Crippen LogP contribution in [0.3, 0.4) is 0 Å². The second kappa shape index (κ2) is 6.70. The van der Waals surface area contributed by atoms with E-state index in [9.17, 15) is 9.36 Å². The van der Waals surface area contributed by atoms with E-state index >= 15 is 0 Å². The van der Waals surface area contributed by atoms with Crippen molar-refractivity contribution in [1.82, 2.24) is 0 Å². The summed E-state index contributed by atoms with van der Waals surface area (Å²) >= 11 is 0. The van der Waals surface area contributed by atoms with Crippen LogP contribution in [0.4, 0.5) is 0 Å². The zero-order chi connectivity index (χ0) is 12.7. The molecule has 0 aromatic heterocycles. The number of carbonyl (C=O) groups is 1. The summed E-state index contributed by atoms with van der Waals surface area (Å²) in [5, 5.41) is 0. The number of Topliss-reactive ketones (excluding diaryl/α,β-unsaturated/α-hetero) is 1. The van der Waals surface area contributed by atoms with Gasteiger partial charge in [-0.2, -0.15) is 0 Å². The van der Waals surface area contributed by atoms with Gasteiger partial charge in [-0.25, -0.2) is 0 Å². The van der Waals surface area contributed by atoms with Crippen LogP contribution in [0.2, 0.25) is 0 Å². The molecule has 0 aliphatic heterocycles. The number of aryl methyl sites for hydroxylation is 1. The van der Waals surface area contributed by atoms with Crippen LogP contribution < -0.4 is 0 Å². The topological polar surface area (TPSA) is 74.6 Å². The minimum absolute atomic E-state index is 0.248. The Morgan fingerprint density at radius 2 is 1.76 bits per heavy atom. The fraction of sp³-hybridized carbons (Fsp3) is 0.417. The van der Waals surface area contributed by atoms with E-state index in [0.717, 1.165) is 12.8 Å². The smallest absolute Gasteiger partial charge is 0.324 e. The van der Waals surface area contributed by atoms with Crippen LogP contribution in [0, 0.1) is 0 Å². The number of carbonyl (C=O) groups excluding carboxylic acids is 1. The normalized spacial score (nSPS) is 11.4. The number of rotatable bonds is 7. The first-order valence-corrected chi connectivity index (χ1v) is 7.37. The minimum atomic E-state index is -4.18. The molecule has 2 N–H and O–H groups in total. The van der Waals surface area contributed by atoms with Crippen LogP contribution >= 0.6 is 7.60 Å². The lowest BCUT2D eigenvalue weighted by Gasteiger charge is -2.03. The lowest BCUT2D eigenvalue weighted by atomic mass is 10.1. The van der Waals surface area contributed by atoms with Crippen molar-refractivity contribution >= 4 is 13.4 Å². The molecule has 0 amide bonds. The lowest BCUT2D eigenvalue weighted by molar-refractivity contribution is -0.117. The monoisotopic (exact) mass is 256 g/mol. The predicted molar refractivity (Wildman–Crippen MR) is 65.9 cm³/mol. The largest absolute Gasteiger partial charge is 0.332 e. The SMILES string of the molecule is O=C(CCCCc1ccccc1)CP(=O)(O)O. The van der Waals surface area contributed by atoms with Crippen LogP contribution in [0.1, 0.15) is 24.8 Å². The number of ketones is 1. The van der Waals surface area contributed by atoms with Gasteiger partial charge in [0.2, 0.25) is 0 Å². The Bertz CT molecular complexity index is 396. The molecule has 0 saturated carbocycles. The summed E-state index contributed by atoms with van der Waals surface area (Å²) in [6.07, 6.45) is 2.05. The molecule has 5 heteroatoms. The van der Waals surface area contributed by atoms with Gasteiger partial charge in [0.25, 0.3) is 0 Å². The molecule has 1 rings (SSSR count). The molecule has 0 aliphatic rings. The van der Waals surface area contributed by atoms with E-state index < -0.39 is 13.8 Å². The van der Waals surface area contributed by atoms with E-state index in [1.165, 1.54) is 5.56 Å². The first kappa shape index (κ1) is 14.1. The third kappa shape index (κ3) is 7.05. The summed E-state index contributed by atoms with van der Waals surface area (Å²) in [7, 11) is -4.18. The number of benzene rings is 1. The van der Waals surface area contributed by atoms with Gasteiger partial charge < -0.3 is 9.79 Å². The Balaban J connectivity index is 2.17. The molecule has 94 valence electrons. The van der Waals surface area contributed by atoms with Crippen molar-refractivity contribution < 1.29 is 19.1 Å². The van der Waals surface area contributed by atoms with E-state index in [4.69, 9.17) is 9.79 Å². The van der Waals surface area contributed by atoms with Crippen LogP contribution in [-0.4, -0.2) is 21.7 Å². The molecule has 4 nitrogen and oxygen atoms in total. The molecule has 0 radical (unpaired) electrons. The molecule has 0 fully saturated rings. The van der Waals surface area contributed by atoms with E-state index in [1.807, 2.05) is 30.3 Å². The average Bonchev–Trinajstić information content (AvgIpc) is 2.23. The van der Waals surface area contributed by atoms with Crippen LogP contribution in [0.5, 0.6) is 0 Å². The molecule has 0 aliphatic carbocycles. The summed E-state index contributed by atoms with van der Waals surface area (Å²) in [5.41, 5.74) is 1.22. The average molecular weight is 256 g/mol. The van der Waals surface area contributed by atoms with Crippen LogP contribution in [0.25, 0.3) is 0 Å².